The minimum atomic E-state index is -1.19. The number of hydrogen-bond acceptors (Lipinski definition) is 6. The smallest absolute Gasteiger partial charge is 0.144 e. The summed E-state index contributed by atoms with van der Waals surface area (Å²) in [6.45, 7) is 33.5. The van der Waals surface area contributed by atoms with Gasteiger partial charge in [-0.05, 0) is 101 Å². The molecule has 3 aliphatic heterocycles. The normalized spacial score (nSPS) is 31.0. The highest BCUT2D eigenvalue weighted by molar-refractivity contribution is 7.85. The van der Waals surface area contributed by atoms with E-state index in [0.717, 1.165) is 57.5 Å². The van der Waals surface area contributed by atoms with Gasteiger partial charge in [0.05, 0.1) is 85.0 Å². The standard InChI is InChI=1S/2C15H29NO2S.C15H27NO2S/c3*1-13(2,3)19(17)16-12-14(4,5)11-18-15(12)9-7-6-8-10-15/h2*12,16H,6-11H2,1-5H3;6-11H2,1-5H3/t12-,19+;12-,19-;19-/m011/s1. The van der Waals surface area contributed by atoms with Crippen LogP contribution in [0.4, 0.5) is 0 Å². The fourth-order valence-electron chi connectivity index (χ4n) is 9.69. The molecule has 0 radical (unpaired) electrons. The van der Waals surface area contributed by atoms with Crippen molar-refractivity contribution in [2.24, 2.45) is 20.6 Å². The monoisotopic (exact) mass is 860 g/mol. The van der Waals surface area contributed by atoms with E-state index in [-0.39, 0.29) is 59.4 Å². The van der Waals surface area contributed by atoms with Crippen molar-refractivity contribution in [3.05, 3.63) is 0 Å². The molecule has 9 nitrogen and oxygen atoms in total. The maximum Gasteiger partial charge on any atom is 0.144 e. The molecule has 3 saturated heterocycles. The predicted molar refractivity (Wildman–Crippen MR) is 242 cm³/mol. The summed E-state index contributed by atoms with van der Waals surface area (Å²) >= 11 is 0. The zero-order valence-corrected chi connectivity index (χ0v) is 41.5. The molecule has 334 valence electrons. The Labute approximate surface area is 357 Å². The Balaban J connectivity index is 0.000000189. The molecule has 12 heteroatoms. The number of nitrogens with zero attached hydrogens (tertiary/aromatic N) is 1. The van der Waals surface area contributed by atoms with Crippen LogP contribution in [0.15, 0.2) is 4.40 Å². The second kappa shape index (κ2) is 18.3. The van der Waals surface area contributed by atoms with E-state index in [1.165, 1.54) is 57.8 Å². The molecule has 0 aromatic rings. The first kappa shape index (κ1) is 49.6. The van der Waals surface area contributed by atoms with E-state index in [0.29, 0.717) is 6.61 Å². The van der Waals surface area contributed by atoms with E-state index >= 15 is 0 Å². The Morgan fingerprint density at radius 1 is 0.509 bits per heavy atom. The van der Waals surface area contributed by atoms with Crippen LogP contribution in [0.1, 0.15) is 200 Å². The van der Waals surface area contributed by atoms with Crippen molar-refractivity contribution < 1.29 is 26.8 Å². The Hall–Kier alpha value is -0.0800. The predicted octanol–water partition coefficient (Wildman–Crippen LogP) is 9.98. The lowest BCUT2D eigenvalue weighted by Crippen LogP contribution is -2.56. The second-order valence-corrected chi connectivity index (χ2v) is 29.1. The molecular weight excluding hydrogens is 775 g/mol. The Bertz CT molecular complexity index is 1380. The van der Waals surface area contributed by atoms with Gasteiger partial charge in [-0.3, -0.25) is 0 Å². The fraction of sp³-hybridized carbons (Fsp3) is 0.978. The summed E-state index contributed by atoms with van der Waals surface area (Å²) in [6, 6.07) is 0.390. The molecule has 3 spiro atoms. The van der Waals surface area contributed by atoms with E-state index in [1.807, 2.05) is 62.3 Å². The van der Waals surface area contributed by atoms with Gasteiger partial charge in [0.15, 0.2) is 0 Å². The Kier molecular flexibility index (Phi) is 15.9. The van der Waals surface area contributed by atoms with Crippen molar-refractivity contribution in [2.75, 3.05) is 19.8 Å². The maximum atomic E-state index is 12.5. The molecule has 3 aliphatic carbocycles. The van der Waals surface area contributed by atoms with Crippen LogP contribution < -0.4 is 9.44 Å². The summed E-state index contributed by atoms with van der Waals surface area (Å²) in [7, 11) is -3.26. The van der Waals surface area contributed by atoms with Crippen LogP contribution in [0.2, 0.25) is 0 Å². The van der Waals surface area contributed by atoms with E-state index in [2.05, 4.69) is 55.4 Å². The zero-order valence-electron chi connectivity index (χ0n) is 39.0. The lowest BCUT2D eigenvalue weighted by molar-refractivity contribution is -0.0353. The first-order valence-corrected chi connectivity index (χ1v) is 25.7. The van der Waals surface area contributed by atoms with Crippen molar-refractivity contribution in [2.45, 2.75) is 243 Å². The Morgan fingerprint density at radius 2 is 0.860 bits per heavy atom. The van der Waals surface area contributed by atoms with Gasteiger partial charge < -0.3 is 14.2 Å². The highest BCUT2D eigenvalue weighted by Gasteiger charge is 2.56. The molecule has 5 atom stereocenters. The summed E-state index contributed by atoms with van der Waals surface area (Å²) in [5, 5.41) is 0. The molecule has 0 aromatic heterocycles. The topological polar surface area (TPSA) is 115 Å². The average molecular weight is 860 g/mol. The van der Waals surface area contributed by atoms with Gasteiger partial charge in [0.1, 0.15) is 16.6 Å². The molecule has 3 heterocycles. The van der Waals surface area contributed by atoms with Crippen LogP contribution in [0.3, 0.4) is 0 Å². The third kappa shape index (κ3) is 11.9. The van der Waals surface area contributed by atoms with Gasteiger partial charge in [-0.15, -0.1) is 0 Å². The van der Waals surface area contributed by atoms with Crippen molar-refractivity contribution in [3.8, 4) is 0 Å². The molecular formula is C45H85N3O6S3. The van der Waals surface area contributed by atoms with Gasteiger partial charge in [-0.25, -0.2) is 22.1 Å². The van der Waals surface area contributed by atoms with Crippen molar-refractivity contribution in [1.29, 1.82) is 0 Å². The third-order valence-electron chi connectivity index (χ3n) is 13.2. The summed E-state index contributed by atoms with van der Waals surface area (Å²) < 4.78 is 66.7. The van der Waals surface area contributed by atoms with Crippen molar-refractivity contribution >= 4 is 38.7 Å². The molecule has 3 saturated carbocycles. The van der Waals surface area contributed by atoms with Crippen molar-refractivity contribution in [1.82, 2.24) is 9.44 Å². The number of hydrogen-bond donors (Lipinski definition) is 2. The van der Waals surface area contributed by atoms with Crippen LogP contribution >= 0.6 is 0 Å². The molecule has 0 aromatic carbocycles. The SMILES string of the molecule is CC1(C)COC2(CCCCC2)C1=N[S@](=O)C(C)(C)C.CC1(C)COC2(CCCCC2)[C@@H]1N[S@](=O)C(C)(C)C.CC1(C)COC2(CCCCC2)[C@H]1N[S@](=O)C(C)(C)C. The summed E-state index contributed by atoms with van der Waals surface area (Å²) in [4.78, 5) is 0. The molecule has 0 bridgehead atoms. The van der Waals surface area contributed by atoms with Crippen LogP contribution in [0, 0.1) is 16.2 Å². The number of rotatable bonds is 5. The van der Waals surface area contributed by atoms with Crippen LogP contribution in [0.25, 0.3) is 0 Å². The highest BCUT2D eigenvalue weighted by atomic mass is 32.2. The molecule has 2 N–H and O–H groups in total. The van der Waals surface area contributed by atoms with Crippen molar-refractivity contribution in [3.63, 3.8) is 0 Å². The van der Waals surface area contributed by atoms with Gasteiger partial charge in [-0.1, -0.05) is 99.3 Å². The van der Waals surface area contributed by atoms with E-state index < -0.39 is 33.0 Å². The Morgan fingerprint density at radius 3 is 1.19 bits per heavy atom. The average Bonchev–Trinajstić information content (AvgIpc) is 3.60. The molecule has 0 unspecified atom stereocenters. The van der Waals surface area contributed by atoms with Gasteiger partial charge in [0, 0.05) is 16.2 Å². The fourth-order valence-corrected chi connectivity index (χ4v) is 12.7. The molecule has 0 amide bonds. The summed E-state index contributed by atoms with van der Waals surface area (Å²) in [6.07, 6.45) is 17.7. The molecule has 6 fully saturated rings. The van der Waals surface area contributed by atoms with Gasteiger partial charge in [0.25, 0.3) is 0 Å². The maximum absolute atomic E-state index is 12.5. The first-order chi connectivity index (χ1) is 26.0. The summed E-state index contributed by atoms with van der Waals surface area (Å²) in [5.41, 5.74) is 0.691. The summed E-state index contributed by atoms with van der Waals surface area (Å²) in [5.74, 6) is 0. The third-order valence-corrected chi connectivity index (χ3v) is 17.7. The quantitative estimate of drug-likeness (QED) is 0.285. The molecule has 6 aliphatic rings. The van der Waals surface area contributed by atoms with Gasteiger partial charge in [-0.2, -0.15) is 4.40 Å². The second-order valence-electron chi connectivity index (χ2n) is 23.2. The first-order valence-electron chi connectivity index (χ1n) is 22.3. The van der Waals surface area contributed by atoms with Crippen LogP contribution in [-0.2, 0) is 47.2 Å². The minimum Gasteiger partial charge on any atom is -0.373 e. The van der Waals surface area contributed by atoms with Crippen LogP contribution in [-0.4, -0.2) is 81.3 Å². The van der Waals surface area contributed by atoms with Crippen LogP contribution in [0.5, 0.6) is 0 Å². The lowest BCUT2D eigenvalue weighted by Gasteiger charge is -2.41. The lowest BCUT2D eigenvalue weighted by atomic mass is 9.72. The molecule has 6 rings (SSSR count). The number of ether oxygens (including phenoxy) is 3. The largest absolute Gasteiger partial charge is 0.373 e. The number of nitrogens with one attached hydrogen (secondary N) is 2. The zero-order chi connectivity index (χ0) is 42.9. The molecule has 57 heavy (non-hydrogen) atoms. The van der Waals surface area contributed by atoms with E-state index in [4.69, 9.17) is 14.2 Å². The van der Waals surface area contributed by atoms with E-state index in [1.54, 1.807) is 0 Å². The van der Waals surface area contributed by atoms with Gasteiger partial charge >= 0.3 is 0 Å². The van der Waals surface area contributed by atoms with E-state index in [9.17, 15) is 12.6 Å². The minimum absolute atomic E-state index is 0.0538. The highest BCUT2D eigenvalue weighted by Crippen LogP contribution is 2.49. The van der Waals surface area contributed by atoms with Gasteiger partial charge in [0.2, 0.25) is 0 Å².